The Kier molecular flexibility index (Phi) is 9.34. The van der Waals surface area contributed by atoms with Crippen molar-refractivity contribution < 1.29 is 0 Å². The number of benzene rings is 1. The zero-order valence-corrected chi connectivity index (χ0v) is 20.2. The van der Waals surface area contributed by atoms with E-state index in [-0.39, 0.29) is 24.0 Å². The monoisotopic (exact) mass is 499 g/mol. The van der Waals surface area contributed by atoms with Crippen molar-refractivity contribution >= 4 is 35.6 Å². The topological polar surface area (TPSA) is 34.1 Å². The van der Waals surface area contributed by atoms with E-state index in [0.717, 1.165) is 38.7 Å². The Labute approximate surface area is 188 Å². The average molecular weight is 499 g/mol. The second kappa shape index (κ2) is 11.2. The Morgan fingerprint density at radius 2 is 1.75 bits per heavy atom. The molecule has 0 bridgehead atoms. The summed E-state index contributed by atoms with van der Waals surface area (Å²) in [6.07, 6.45) is 3.71. The van der Waals surface area contributed by atoms with Gasteiger partial charge in [0.25, 0.3) is 0 Å². The second-order valence-electron chi connectivity index (χ2n) is 8.68. The molecule has 28 heavy (non-hydrogen) atoms. The molecule has 0 spiro atoms. The lowest BCUT2D eigenvalue weighted by Crippen LogP contribution is -2.46. The highest BCUT2D eigenvalue weighted by atomic mass is 127. The van der Waals surface area contributed by atoms with Crippen LogP contribution in [0.4, 0.5) is 5.69 Å². The molecule has 0 amide bonds. The minimum Gasteiger partial charge on any atom is -0.369 e. The molecule has 0 saturated carbocycles. The van der Waals surface area contributed by atoms with Crippen LogP contribution in [-0.4, -0.2) is 75.2 Å². The zero-order chi connectivity index (χ0) is 19.1. The van der Waals surface area contributed by atoms with Crippen molar-refractivity contribution in [3.63, 3.8) is 0 Å². The largest absolute Gasteiger partial charge is 0.369 e. The van der Waals surface area contributed by atoms with Crippen molar-refractivity contribution in [3.05, 3.63) is 30.3 Å². The van der Waals surface area contributed by atoms with E-state index in [1.807, 2.05) is 7.05 Å². The number of nitrogens with one attached hydrogen (secondary N) is 1. The van der Waals surface area contributed by atoms with E-state index in [1.165, 1.54) is 44.6 Å². The summed E-state index contributed by atoms with van der Waals surface area (Å²) < 4.78 is 0. The molecule has 0 radical (unpaired) electrons. The van der Waals surface area contributed by atoms with E-state index in [4.69, 9.17) is 0 Å². The van der Waals surface area contributed by atoms with Crippen LogP contribution in [0, 0.1) is 5.41 Å². The standard InChI is InChI=1S/C22H37N5.HI/c1-22(2)11-14-27(19-22)21(23-3)24-12-7-8-13-25-15-17-26(18-16-25)20-9-5-4-6-10-20;/h4-6,9-10H,7-8,11-19H2,1-3H3,(H,23,24);1H. The first-order chi connectivity index (χ1) is 13.1. The van der Waals surface area contributed by atoms with Crippen LogP contribution in [0.2, 0.25) is 0 Å². The molecule has 6 heteroatoms. The van der Waals surface area contributed by atoms with E-state index in [1.54, 1.807) is 0 Å². The van der Waals surface area contributed by atoms with Crippen LogP contribution >= 0.6 is 24.0 Å². The molecule has 2 aliphatic rings. The molecule has 0 atom stereocenters. The molecule has 0 aliphatic carbocycles. The Morgan fingerprint density at radius 1 is 1.04 bits per heavy atom. The molecule has 5 nitrogen and oxygen atoms in total. The number of piperazine rings is 1. The molecule has 2 heterocycles. The van der Waals surface area contributed by atoms with Gasteiger partial charge >= 0.3 is 0 Å². The maximum Gasteiger partial charge on any atom is 0.193 e. The fraction of sp³-hybridized carbons (Fsp3) is 0.682. The number of para-hydroxylation sites is 1. The van der Waals surface area contributed by atoms with Gasteiger partial charge in [0.1, 0.15) is 0 Å². The third kappa shape index (κ3) is 6.79. The first-order valence-electron chi connectivity index (χ1n) is 10.6. The number of aliphatic imine (C=N–C) groups is 1. The fourth-order valence-electron chi connectivity index (χ4n) is 4.15. The lowest BCUT2D eigenvalue weighted by atomic mass is 9.93. The second-order valence-corrected chi connectivity index (χ2v) is 8.68. The van der Waals surface area contributed by atoms with Crippen molar-refractivity contribution in [3.8, 4) is 0 Å². The summed E-state index contributed by atoms with van der Waals surface area (Å²) in [5.41, 5.74) is 1.78. The van der Waals surface area contributed by atoms with Crippen LogP contribution < -0.4 is 10.2 Å². The summed E-state index contributed by atoms with van der Waals surface area (Å²) in [7, 11) is 1.90. The highest BCUT2D eigenvalue weighted by Crippen LogP contribution is 2.28. The van der Waals surface area contributed by atoms with Gasteiger partial charge in [0.05, 0.1) is 0 Å². The molecule has 3 rings (SSSR count). The van der Waals surface area contributed by atoms with Gasteiger partial charge in [-0.25, -0.2) is 0 Å². The summed E-state index contributed by atoms with van der Waals surface area (Å²) >= 11 is 0. The van der Waals surface area contributed by atoms with E-state index in [9.17, 15) is 0 Å². The van der Waals surface area contributed by atoms with E-state index < -0.39 is 0 Å². The SMILES string of the molecule is CN=C(NCCCCN1CCN(c2ccccc2)CC1)N1CCC(C)(C)C1.I. The molecule has 0 unspecified atom stereocenters. The van der Waals surface area contributed by atoms with Crippen molar-refractivity contribution in [1.82, 2.24) is 15.1 Å². The Balaban J connectivity index is 0.00000280. The number of likely N-dealkylation sites (tertiary alicyclic amines) is 1. The van der Waals surface area contributed by atoms with Gasteiger partial charge in [-0.05, 0) is 43.4 Å². The lowest BCUT2D eigenvalue weighted by Gasteiger charge is -2.36. The van der Waals surface area contributed by atoms with Crippen LogP contribution in [-0.2, 0) is 0 Å². The predicted molar refractivity (Wildman–Crippen MR) is 131 cm³/mol. The Hall–Kier alpha value is -1.02. The number of halogens is 1. The number of unbranched alkanes of at least 4 members (excludes halogenated alkanes) is 1. The van der Waals surface area contributed by atoms with Crippen LogP contribution in [0.15, 0.2) is 35.3 Å². The number of nitrogens with zero attached hydrogens (tertiary/aromatic N) is 4. The lowest BCUT2D eigenvalue weighted by molar-refractivity contribution is 0.253. The van der Waals surface area contributed by atoms with E-state index >= 15 is 0 Å². The minimum absolute atomic E-state index is 0. The number of anilines is 1. The summed E-state index contributed by atoms with van der Waals surface area (Å²) in [5.74, 6) is 1.08. The van der Waals surface area contributed by atoms with Gasteiger partial charge in [-0.1, -0.05) is 32.0 Å². The van der Waals surface area contributed by atoms with Gasteiger partial charge in [-0.3, -0.25) is 9.89 Å². The van der Waals surface area contributed by atoms with Crippen LogP contribution in [0.3, 0.4) is 0 Å². The Bertz CT molecular complexity index is 596. The van der Waals surface area contributed by atoms with Crippen molar-refractivity contribution in [2.45, 2.75) is 33.1 Å². The maximum absolute atomic E-state index is 4.48. The highest BCUT2D eigenvalue weighted by molar-refractivity contribution is 14.0. The zero-order valence-electron chi connectivity index (χ0n) is 17.9. The quantitative estimate of drug-likeness (QED) is 0.281. The molecular weight excluding hydrogens is 461 g/mol. The van der Waals surface area contributed by atoms with Gasteiger partial charge in [0, 0.05) is 58.5 Å². The number of hydrogen-bond donors (Lipinski definition) is 1. The fourth-order valence-corrected chi connectivity index (χ4v) is 4.15. The first-order valence-corrected chi connectivity index (χ1v) is 10.6. The van der Waals surface area contributed by atoms with Crippen molar-refractivity contribution in [1.29, 1.82) is 0 Å². The third-order valence-corrected chi connectivity index (χ3v) is 5.87. The molecule has 158 valence electrons. The predicted octanol–water partition coefficient (Wildman–Crippen LogP) is 3.51. The number of hydrogen-bond acceptors (Lipinski definition) is 3. The molecule has 2 aliphatic heterocycles. The molecule has 1 aromatic rings. The maximum atomic E-state index is 4.48. The highest BCUT2D eigenvalue weighted by Gasteiger charge is 2.30. The van der Waals surface area contributed by atoms with Gasteiger partial charge in [-0.2, -0.15) is 0 Å². The average Bonchev–Trinajstić information content (AvgIpc) is 3.05. The minimum atomic E-state index is 0. The van der Waals surface area contributed by atoms with Gasteiger partial charge < -0.3 is 15.1 Å². The first kappa shape index (κ1) is 23.3. The van der Waals surface area contributed by atoms with E-state index in [2.05, 4.69) is 69.2 Å². The van der Waals surface area contributed by atoms with Crippen LogP contribution in [0.5, 0.6) is 0 Å². The number of guanidine groups is 1. The molecular formula is C22H38IN5. The van der Waals surface area contributed by atoms with Crippen LogP contribution in [0.25, 0.3) is 0 Å². The van der Waals surface area contributed by atoms with Crippen molar-refractivity contribution in [2.75, 3.05) is 64.3 Å². The third-order valence-electron chi connectivity index (χ3n) is 5.87. The summed E-state index contributed by atoms with van der Waals surface area (Å²) in [4.78, 5) is 12.0. The molecule has 1 aromatic carbocycles. The molecule has 2 fully saturated rings. The molecule has 0 aromatic heterocycles. The van der Waals surface area contributed by atoms with Gasteiger partial charge in [0.15, 0.2) is 5.96 Å². The molecule has 1 N–H and O–H groups in total. The van der Waals surface area contributed by atoms with E-state index in [0.29, 0.717) is 5.41 Å². The smallest absolute Gasteiger partial charge is 0.193 e. The van der Waals surface area contributed by atoms with Crippen LogP contribution in [0.1, 0.15) is 33.1 Å². The number of rotatable bonds is 6. The summed E-state index contributed by atoms with van der Waals surface area (Å²) in [5, 5.41) is 3.56. The van der Waals surface area contributed by atoms with Gasteiger partial charge in [-0.15, -0.1) is 24.0 Å². The Morgan fingerprint density at radius 3 is 2.36 bits per heavy atom. The summed E-state index contributed by atoms with van der Waals surface area (Å²) in [6.45, 7) is 13.8. The normalized spacial score (nSPS) is 20.2. The molecule has 2 saturated heterocycles. The van der Waals surface area contributed by atoms with Crippen molar-refractivity contribution in [2.24, 2.45) is 10.4 Å². The van der Waals surface area contributed by atoms with Gasteiger partial charge in [0.2, 0.25) is 0 Å². The summed E-state index contributed by atoms with van der Waals surface area (Å²) in [6, 6.07) is 10.8.